The fraction of sp³-hybridized carbons (Fsp3) is 0.286. The first-order chi connectivity index (χ1) is 8.26. The minimum absolute atomic E-state index is 0.501. The van der Waals surface area contributed by atoms with E-state index in [1.807, 2.05) is 41.3 Å². The SMILES string of the molecule is CCN(CC)C(=N)c1ccc2ccccc2n1. The molecule has 0 radical (unpaired) electrons. The van der Waals surface area contributed by atoms with Gasteiger partial charge >= 0.3 is 0 Å². The van der Waals surface area contributed by atoms with Crippen molar-refractivity contribution in [2.75, 3.05) is 13.1 Å². The molecule has 2 aromatic rings. The first kappa shape index (κ1) is 11.6. The Bertz CT molecular complexity index is 530. The monoisotopic (exact) mass is 227 g/mol. The molecule has 0 bridgehead atoms. The summed E-state index contributed by atoms with van der Waals surface area (Å²) in [5.74, 6) is 0.501. The third-order valence-electron chi connectivity index (χ3n) is 2.92. The first-order valence-electron chi connectivity index (χ1n) is 5.96. The molecule has 1 aromatic carbocycles. The van der Waals surface area contributed by atoms with Crippen LogP contribution in [0.3, 0.4) is 0 Å². The van der Waals surface area contributed by atoms with E-state index < -0.39 is 0 Å². The van der Waals surface area contributed by atoms with Gasteiger partial charge in [0.25, 0.3) is 0 Å². The van der Waals surface area contributed by atoms with Crippen molar-refractivity contribution in [3.8, 4) is 0 Å². The zero-order valence-electron chi connectivity index (χ0n) is 10.3. The Morgan fingerprint density at radius 2 is 1.82 bits per heavy atom. The number of benzene rings is 1. The number of para-hydroxylation sites is 1. The Morgan fingerprint density at radius 3 is 2.53 bits per heavy atom. The smallest absolute Gasteiger partial charge is 0.147 e. The fourth-order valence-electron chi connectivity index (χ4n) is 1.90. The van der Waals surface area contributed by atoms with Crippen LogP contribution in [0.15, 0.2) is 36.4 Å². The second-order valence-electron chi connectivity index (χ2n) is 3.91. The van der Waals surface area contributed by atoms with Crippen molar-refractivity contribution in [3.05, 3.63) is 42.1 Å². The Hall–Kier alpha value is -1.90. The van der Waals surface area contributed by atoms with Crippen LogP contribution in [-0.4, -0.2) is 28.8 Å². The molecule has 0 saturated carbocycles. The number of amidine groups is 1. The number of hydrogen-bond donors (Lipinski definition) is 1. The van der Waals surface area contributed by atoms with Crippen LogP contribution in [0, 0.1) is 5.41 Å². The van der Waals surface area contributed by atoms with Crippen LogP contribution in [0.1, 0.15) is 19.5 Å². The highest BCUT2D eigenvalue weighted by Gasteiger charge is 2.09. The molecule has 0 spiro atoms. The second kappa shape index (κ2) is 4.95. The number of aromatic nitrogens is 1. The molecular formula is C14H17N3. The summed E-state index contributed by atoms with van der Waals surface area (Å²) in [4.78, 5) is 6.52. The van der Waals surface area contributed by atoms with Gasteiger partial charge in [0.05, 0.1) is 5.52 Å². The van der Waals surface area contributed by atoms with Crippen molar-refractivity contribution < 1.29 is 0 Å². The van der Waals surface area contributed by atoms with Crippen LogP contribution in [0.4, 0.5) is 0 Å². The zero-order valence-corrected chi connectivity index (χ0v) is 10.3. The lowest BCUT2D eigenvalue weighted by Gasteiger charge is -2.21. The van der Waals surface area contributed by atoms with Crippen molar-refractivity contribution in [1.29, 1.82) is 5.41 Å². The van der Waals surface area contributed by atoms with Crippen molar-refractivity contribution in [2.24, 2.45) is 0 Å². The molecule has 0 aliphatic carbocycles. The summed E-state index contributed by atoms with van der Waals surface area (Å²) in [6.45, 7) is 5.78. The summed E-state index contributed by atoms with van der Waals surface area (Å²) in [5, 5.41) is 9.24. The van der Waals surface area contributed by atoms with E-state index in [2.05, 4.69) is 18.8 Å². The van der Waals surface area contributed by atoms with Gasteiger partial charge in [-0.25, -0.2) is 4.98 Å². The molecule has 1 heterocycles. The summed E-state index contributed by atoms with van der Waals surface area (Å²) < 4.78 is 0. The van der Waals surface area contributed by atoms with Gasteiger partial charge in [0.1, 0.15) is 11.5 Å². The number of fused-ring (bicyclic) bond motifs is 1. The van der Waals surface area contributed by atoms with Gasteiger partial charge in [-0.2, -0.15) is 0 Å². The highest BCUT2D eigenvalue weighted by molar-refractivity contribution is 5.96. The summed E-state index contributed by atoms with van der Waals surface area (Å²) in [5.41, 5.74) is 1.69. The second-order valence-corrected chi connectivity index (χ2v) is 3.91. The molecule has 0 aliphatic heterocycles. The Kier molecular flexibility index (Phi) is 3.38. The van der Waals surface area contributed by atoms with Crippen LogP contribution >= 0.6 is 0 Å². The van der Waals surface area contributed by atoms with Gasteiger partial charge in [0, 0.05) is 18.5 Å². The van der Waals surface area contributed by atoms with Gasteiger partial charge in [0.15, 0.2) is 0 Å². The average Bonchev–Trinajstić information content (AvgIpc) is 2.39. The van der Waals surface area contributed by atoms with E-state index in [0.29, 0.717) is 5.84 Å². The van der Waals surface area contributed by atoms with E-state index in [1.165, 1.54) is 0 Å². The predicted octanol–water partition coefficient (Wildman–Crippen LogP) is 2.90. The lowest BCUT2D eigenvalue weighted by atomic mass is 10.2. The van der Waals surface area contributed by atoms with Crippen molar-refractivity contribution >= 4 is 16.7 Å². The highest BCUT2D eigenvalue weighted by atomic mass is 15.2. The van der Waals surface area contributed by atoms with E-state index in [-0.39, 0.29) is 0 Å². The summed E-state index contributed by atoms with van der Waals surface area (Å²) in [7, 11) is 0. The molecular weight excluding hydrogens is 210 g/mol. The molecule has 1 N–H and O–H groups in total. The van der Waals surface area contributed by atoms with Gasteiger partial charge < -0.3 is 4.90 Å². The molecule has 17 heavy (non-hydrogen) atoms. The summed E-state index contributed by atoms with van der Waals surface area (Å²) in [6, 6.07) is 11.9. The zero-order chi connectivity index (χ0) is 12.3. The topological polar surface area (TPSA) is 40.0 Å². The average molecular weight is 227 g/mol. The Balaban J connectivity index is 2.39. The van der Waals surface area contributed by atoms with Crippen LogP contribution in [-0.2, 0) is 0 Å². The third-order valence-corrected chi connectivity index (χ3v) is 2.92. The standard InChI is InChI=1S/C14H17N3/c1-3-17(4-2)14(15)13-10-9-11-7-5-6-8-12(11)16-13/h5-10,15H,3-4H2,1-2H3. The molecule has 0 fully saturated rings. The fourth-order valence-corrected chi connectivity index (χ4v) is 1.90. The first-order valence-corrected chi connectivity index (χ1v) is 5.96. The molecule has 1 aromatic heterocycles. The quantitative estimate of drug-likeness (QED) is 0.647. The van der Waals surface area contributed by atoms with Gasteiger partial charge in [0.2, 0.25) is 0 Å². The molecule has 0 saturated heterocycles. The molecule has 0 aliphatic rings. The van der Waals surface area contributed by atoms with Gasteiger partial charge in [-0.15, -0.1) is 0 Å². The molecule has 0 atom stereocenters. The number of pyridine rings is 1. The largest absolute Gasteiger partial charge is 0.356 e. The van der Waals surface area contributed by atoms with Crippen LogP contribution in [0.2, 0.25) is 0 Å². The van der Waals surface area contributed by atoms with Crippen molar-refractivity contribution in [1.82, 2.24) is 9.88 Å². The number of rotatable bonds is 3. The van der Waals surface area contributed by atoms with E-state index in [4.69, 9.17) is 5.41 Å². The normalized spacial score (nSPS) is 10.5. The molecule has 0 unspecified atom stereocenters. The maximum absolute atomic E-state index is 8.13. The third kappa shape index (κ3) is 2.28. The van der Waals surface area contributed by atoms with Crippen molar-refractivity contribution in [2.45, 2.75) is 13.8 Å². The maximum Gasteiger partial charge on any atom is 0.147 e. The van der Waals surface area contributed by atoms with Crippen molar-refractivity contribution in [3.63, 3.8) is 0 Å². The minimum atomic E-state index is 0.501. The molecule has 3 heteroatoms. The molecule has 3 nitrogen and oxygen atoms in total. The highest BCUT2D eigenvalue weighted by Crippen LogP contribution is 2.12. The Labute approximate surface area is 102 Å². The number of nitrogens with zero attached hydrogens (tertiary/aromatic N) is 2. The predicted molar refractivity (Wildman–Crippen MR) is 71.5 cm³/mol. The minimum Gasteiger partial charge on any atom is -0.356 e. The molecule has 88 valence electrons. The molecule has 0 amide bonds. The van der Waals surface area contributed by atoms with Gasteiger partial charge in [-0.1, -0.05) is 24.3 Å². The van der Waals surface area contributed by atoms with E-state index in [1.54, 1.807) is 0 Å². The summed E-state index contributed by atoms with van der Waals surface area (Å²) >= 11 is 0. The lowest BCUT2D eigenvalue weighted by molar-refractivity contribution is 0.462. The number of hydrogen-bond acceptors (Lipinski definition) is 2. The molecule has 2 rings (SSSR count). The lowest BCUT2D eigenvalue weighted by Crippen LogP contribution is -2.31. The van der Waals surface area contributed by atoms with Crippen LogP contribution in [0.5, 0.6) is 0 Å². The van der Waals surface area contributed by atoms with E-state index in [0.717, 1.165) is 29.7 Å². The van der Waals surface area contributed by atoms with E-state index >= 15 is 0 Å². The Morgan fingerprint density at radius 1 is 1.12 bits per heavy atom. The van der Waals surface area contributed by atoms with E-state index in [9.17, 15) is 0 Å². The number of nitrogens with one attached hydrogen (secondary N) is 1. The summed E-state index contributed by atoms with van der Waals surface area (Å²) in [6.07, 6.45) is 0. The van der Waals surface area contributed by atoms with Gasteiger partial charge in [-0.05, 0) is 26.0 Å². The van der Waals surface area contributed by atoms with Crippen LogP contribution in [0.25, 0.3) is 10.9 Å². The van der Waals surface area contributed by atoms with Crippen LogP contribution < -0.4 is 0 Å². The maximum atomic E-state index is 8.13. The van der Waals surface area contributed by atoms with Gasteiger partial charge in [-0.3, -0.25) is 5.41 Å².